The average molecular weight is 388 g/mol. The van der Waals surface area contributed by atoms with E-state index in [1.54, 1.807) is 0 Å². The summed E-state index contributed by atoms with van der Waals surface area (Å²) in [7, 11) is 2.06. The highest BCUT2D eigenvalue weighted by molar-refractivity contribution is 5.37. The molecule has 4 rings (SSSR count). The van der Waals surface area contributed by atoms with Gasteiger partial charge in [0.05, 0.1) is 5.69 Å². The molecule has 0 aliphatic heterocycles. The van der Waals surface area contributed by atoms with Gasteiger partial charge in [0.15, 0.2) is 0 Å². The standard InChI is InChI=1S/C24H29N5/c1-24(2)13-21(26-15-18-9-11-25-12-10-18)20-16-27-23(28-22(20)14-24)29(3)17-19-7-5-4-6-8-19/h4-12,16,21,26H,13-15,17H2,1-3H3/t21-/m1/s1. The molecule has 150 valence electrons. The first kappa shape index (κ1) is 19.5. The van der Waals surface area contributed by atoms with Crippen LogP contribution >= 0.6 is 0 Å². The number of nitrogens with one attached hydrogen (secondary N) is 1. The van der Waals surface area contributed by atoms with E-state index >= 15 is 0 Å². The molecule has 0 radical (unpaired) electrons. The molecule has 1 atom stereocenters. The zero-order valence-corrected chi connectivity index (χ0v) is 17.5. The Morgan fingerprint density at radius 3 is 2.59 bits per heavy atom. The molecule has 5 nitrogen and oxygen atoms in total. The lowest BCUT2D eigenvalue weighted by Gasteiger charge is -2.37. The largest absolute Gasteiger partial charge is 0.340 e. The zero-order chi connectivity index (χ0) is 20.3. The third-order valence-corrected chi connectivity index (χ3v) is 5.57. The first-order valence-electron chi connectivity index (χ1n) is 10.2. The van der Waals surface area contributed by atoms with Crippen LogP contribution in [0.3, 0.4) is 0 Å². The Labute approximate surface area is 173 Å². The van der Waals surface area contributed by atoms with Crippen LogP contribution in [0.4, 0.5) is 5.95 Å². The normalized spacial score (nSPS) is 17.6. The van der Waals surface area contributed by atoms with Crippen LogP contribution in [0, 0.1) is 5.41 Å². The first-order chi connectivity index (χ1) is 14.0. The molecular weight excluding hydrogens is 358 g/mol. The number of anilines is 1. The summed E-state index contributed by atoms with van der Waals surface area (Å²) in [5, 5.41) is 3.72. The Kier molecular flexibility index (Phi) is 5.58. The molecule has 0 amide bonds. The van der Waals surface area contributed by atoms with Crippen molar-refractivity contribution in [2.24, 2.45) is 5.41 Å². The van der Waals surface area contributed by atoms with Gasteiger partial charge in [0, 0.05) is 50.3 Å². The van der Waals surface area contributed by atoms with E-state index in [2.05, 4.69) is 72.5 Å². The van der Waals surface area contributed by atoms with Gasteiger partial charge in [-0.25, -0.2) is 9.97 Å². The molecule has 0 saturated carbocycles. The summed E-state index contributed by atoms with van der Waals surface area (Å²) >= 11 is 0. The van der Waals surface area contributed by atoms with E-state index in [4.69, 9.17) is 9.97 Å². The Balaban J connectivity index is 1.53. The lowest BCUT2D eigenvalue weighted by Crippen LogP contribution is -2.34. The SMILES string of the molecule is CN(Cc1ccccc1)c1ncc2c(n1)CC(C)(C)C[C@H]2NCc1ccncc1. The molecule has 0 spiro atoms. The third kappa shape index (κ3) is 4.80. The minimum Gasteiger partial charge on any atom is -0.340 e. The highest BCUT2D eigenvalue weighted by Gasteiger charge is 2.33. The van der Waals surface area contributed by atoms with Crippen molar-refractivity contribution >= 4 is 5.95 Å². The van der Waals surface area contributed by atoms with Crippen LogP contribution in [0.5, 0.6) is 0 Å². The molecule has 0 bridgehead atoms. The van der Waals surface area contributed by atoms with Gasteiger partial charge < -0.3 is 10.2 Å². The molecule has 1 aliphatic rings. The van der Waals surface area contributed by atoms with Crippen molar-refractivity contribution in [1.82, 2.24) is 20.3 Å². The van der Waals surface area contributed by atoms with Crippen LogP contribution in [-0.2, 0) is 19.5 Å². The molecule has 29 heavy (non-hydrogen) atoms. The van der Waals surface area contributed by atoms with Gasteiger partial charge in [-0.3, -0.25) is 4.98 Å². The monoisotopic (exact) mass is 387 g/mol. The molecule has 0 saturated heterocycles. The summed E-state index contributed by atoms with van der Waals surface area (Å²) in [6, 6.07) is 14.8. The maximum atomic E-state index is 4.98. The number of pyridine rings is 1. The lowest BCUT2D eigenvalue weighted by atomic mass is 9.74. The minimum absolute atomic E-state index is 0.201. The van der Waals surface area contributed by atoms with Crippen LogP contribution in [0.2, 0.25) is 0 Å². The number of rotatable bonds is 6. The van der Waals surface area contributed by atoms with E-state index < -0.39 is 0 Å². The Morgan fingerprint density at radius 1 is 1.07 bits per heavy atom. The van der Waals surface area contributed by atoms with Crippen molar-refractivity contribution in [1.29, 1.82) is 0 Å². The smallest absolute Gasteiger partial charge is 0.225 e. The molecule has 5 heteroatoms. The van der Waals surface area contributed by atoms with Crippen molar-refractivity contribution in [3.05, 3.63) is 83.4 Å². The number of nitrogens with zero attached hydrogens (tertiary/aromatic N) is 4. The quantitative estimate of drug-likeness (QED) is 0.683. The van der Waals surface area contributed by atoms with Crippen LogP contribution in [0.15, 0.2) is 61.1 Å². The average Bonchev–Trinajstić information content (AvgIpc) is 2.72. The zero-order valence-electron chi connectivity index (χ0n) is 17.5. The van der Waals surface area contributed by atoms with E-state index in [0.29, 0.717) is 0 Å². The first-order valence-corrected chi connectivity index (χ1v) is 10.2. The molecule has 1 aliphatic carbocycles. The second-order valence-electron chi connectivity index (χ2n) is 8.75. The summed E-state index contributed by atoms with van der Waals surface area (Å²) < 4.78 is 0. The molecule has 3 aromatic rings. The fraction of sp³-hybridized carbons (Fsp3) is 0.375. The maximum Gasteiger partial charge on any atom is 0.225 e. The van der Waals surface area contributed by atoms with Gasteiger partial charge in [-0.05, 0) is 41.5 Å². The number of fused-ring (bicyclic) bond motifs is 1. The second kappa shape index (κ2) is 8.29. The van der Waals surface area contributed by atoms with Gasteiger partial charge >= 0.3 is 0 Å². The van der Waals surface area contributed by atoms with Crippen LogP contribution in [0.25, 0.3) is 0 Å². The number of benzene rings is 1. The second-order valence-corrected chi connectivity index (χ2v) is 8.75. The number of hydrogen-bond donors (Lipinski definition) is 1. The van der Waals surface area contributed by atoms with Crippen LogP contribution < -0.4 is 10.2 Å². The Hall–Kier alpha value is -2.79. The molecule has 2 aromatic heterocycles. The van der Waals surface area contributed by atoms with Crippen LogP contribution in [0.1, 0.15) is 48.7 Å². The fourth-order valence-corrected chi connectivity index (χ4v) is 4.07. The predicted molar refractivity (Wildman–Crippen MR) is 117 cm³/mol. The highest BCUT2D eigenvalue weighted by atomic mass is 15.2. The topological polar surface area (TPSA) is 53.9 Å². The number of hydrogen-bond acceptors (Lipinski definition) is 5. The van der Waals surface area contributed by atoms with E-state index in [0.717, 1.165) is 31.9 Å². The fourth-order valence-electron chi connectivity index (χ4n) is 4.07. The molecule has 1 N–H and O–H groups in total. The minimum atomic E-state index is 0.201. The molecular formula is C24H29N5. The van der Waals surface area contributed by atoms with E-state index in [1.807, 2.05) is 24.7 Å². The third-order valence-electron chi connectivity index (χ3n) is 5.57. The molecule has 0 unspecified atom stereocenters. The van der Waals surface area contributed by atoms with E-state index in [9.17, 15) is 0 Å². The molecule has 0 fully saturated rings. The molecule has 1 aromatic carbocycles. The van der Waals surface area contributed by atoms with Crippen molar-refractivity contribution in [2.45, 2.75) is 45.8 Å². The van der Waals surface area contributed by atoms with Crippen molar-refractivity contribution < 1.29 is 0 Å². The van der Waals surface area contributed by atoms with Crippen molar-refractivity contribution in [2.75, 3.05) is 11.9 Å². The molecule has 2 heterocycles. The Bertz CT molecular complexity index is 940. The van der Waals surface area contributed by atoms with Crippen LogP contribution in [-0.4, -0.2) is 22.0 Å². The van der Waals surface area contributed by atoms with Gasteiger partial charge in [-0.2, -0.15) is 0 Å². The van der Waals surface area contributed by atoms with Gasteiger partial charge in [-0.15, -0.1) is 0 Å². The summed E-state index contributed by atoms with van der Waals surface area (Å²) in [5.74, 6) is 0.790. The van der Waals surface area contributed by atoms with E-state index in [-0.39, 0.29) is 11.5 Å². The van der Waals surface area contributed by atoms with E-state index in [1.165, 1.54) is 22.4 Å². The van der Waals surface area contributed by atoms with Gasteiger partial charge in [0.1, 0.15) is 0 Å². The Morgan fingerprint density at radius 2 is 1.83 bits per heavy atom. The van der Waals surface area contributed by atoms with Crippen molar-refractivity contribution in [3.8, 4) is 0 Å². The summed E-state index contributed by atoms with van der Waals surface area (Å²) in [6.07, 6.45) is 7.76. The van der Waals surface area contributed by atoms with Gasteiger partial charge in [0.2, 0.25) is 5.95 Å². The summed E-state index contributed by atoms with van der Waals surface area (Å²) in [4.78, 5) is 15.9. The highest BCUT2D eigenvalue weighted by Crippen LogP contribution is 2.40. The maximum absolute atomic E-state index is 4.98. The summed E-state index contributed by atoms with van der Waals surface area (Å²) in [6.45, 7) is 6.27. The predicted octanol–water partition coefficient (Wildman–Crippen LogP) is 4.31. The summed E-state index contributed by atoms with van der Waals surface area (Å²) in [5.41, 5.74) is 5.10. The van der Waals surface area contributed by atoms with Gasteiger partial charge in [-0.1, -0.05) is 44.2 Å². The number of aromatic nitrogens is 3. The van der Waals surface area contributed by atoms with Crippen molar-refractivity contribution in [3.63, 3.8) is 0 Å². The van der Waals surface area contributed by atoms with Gasteiger partial charge in [0.25, 0.3) is 0 Å². The lowest BCUT2D eigenvalue weighted by molar-refractivity contribution is 0.252.